The van der Waals surface area contributed by atoms with Crippen LogP contribution in [-0.2, 0) is 0 Å². The lowest BCUT2D eigenvalue weighted by molar-refractivity contribution is 0.297. The first-order chi connectivity index (χ1) is 10.3. The monoisotopic (exact) mass is 281 g/mol. The first-order valence-corrected chi connectivity index (χ1v) is 6.72. The lowest BCUT2D eigenvalue weighted by atomic mass is 10.2. The molecule has 2 aromatic carbocycles. The molecule has 5 heteroatoms. The summed E-state index contributed by atoms with van der Waals surface area (Å²) in [5, 5.41) is 12.2. The van der Waals surface area contributed by atoms with Crippen LogP contribution in [0.3, 0.4) is 0 Å². The van der Waals surface area contributed by atoms with Gasteiger partial charge in [0.1, 0.15) is 0 Å². The Morgan fingerprint density at radius 3 is 2.67 bits per heavy atom. The van der Waals surface area contributed by atoms with Crippen molar-refractivity contribution in [3.63, 3.8) is 0 Å². The Labute approximate surface area is 122 Å². The van der Waals surface area contributed by atoms with E-state index >= 15 is 0 Å². The molecule has 0 saturated heterocycles. The molecule has 0 amide bonds. The van der Waals surface area contributed by atoms with Gasteiger partial charge in [-0.2, -0.15) is 5.26 Å². The van der Waals surface area contributed by atoms with E-state index < -0.39 is 0 Å². The number of nitrogen functional groups attached to an aromatic ring is 1. The standard InChI is InChI=1S/C16H15N3O2/c17-10-11-2-4-13(18)14(8-11)19-12-3-5-15-16(9-12)21-7-1-6-20-15/h2-5,8-9,19H,1,6-7,18H2. The maximum atomic E-state index is 8.95. The summed E-state index contributed by atoms with van der Waals surface area (Å²) >= 11 is 0. The van der Waals surface area contributed by atoms with Gasteiger partial charge in [-0.25, -0.2) is 0 Å². The zero-order valence-corrected chi connectivity index (χ0v) is 11.4. The van der Waals surface area contributed by atoms with Crippen LogP contribution in [-0.4, -0.2) is 13.2 Å². The average Bonchev–Trinajstić information content (AvgIpc) is 2.74. The van der Waals surface area contributed by atoms with Crippen molar-refractivity contribution in [1.82, 2.24) is 0 Å². The molecule has 0 aliphatic carbocycles. The third kappa shape index (κ3) is 2.84. The zero-order chi connectivity index (χ0) is 14.7. The van der Waals surface area contributed by atoms with Crippen molar-refractivity contribution in [1.29, 1.82) is 5.26 Å². The summed E-state index contributed by atoms with van der Waals surface area (Å²) in [6, 6.07) is 12.9. The Balaban J connectivity index is 1.89. The van der Waals surface area contributed by atoms with E-state index in [1.165, 1.54) is 0 Å². The van der Waals surface area contributed by atoms with Gasteiger partial charge in [0, 0.05) is 18.2 Å². The highest BCUT2D eigenvalue weighted by Gasteiger charge is 2.11. The number of ether oxygens (including phenoxy) is 2. The summed E-state index contributed by atoms with van der Waals surface area (Å²) in [4.78, 5) is 0. The number of benzene rings is 2. The number of hydrogen-bond acceptors (Lipinski definition) is 5. The van der Waals surface area contributed by atoms with Crippen LogP contribution in [0.5, 0.6) is 11.5 Å². The number of nitriles is 1. The quantitative estimate of drug-likeness (QED) is 0.827. The molecular formula is C16H15N3O2. The molecule has 1 heterocycles. The van der Waals surface area contributed by atoms with Gasteiger partial charge in [0.25, 0.3) is 0 Å². The van der Waals surface area contributed by atoms with Crippen molar-refractivity contribution < 1.29 is 9.47 Å². The van der Waals surface area contributed by atoms with Crippen LogP contribution in [0, 0.1) is 11.3 Å². The molecule has 0 atom stereocenters. The molecule has 2 aromatic rings. The van der Waals surface area contributed by atoms with Crippen molar-refractivity contribution >= 4 is 17.1 Å². The van der Waals surface area contributed by atoms with Crippen molar-refractivity contribution in [3.8, 4) is 17.6 Å². The van der Waals surface area contributed by atoms with Crippen LogP contribution in [0.1, 0.15) is 12.0 Å². The highest BCUT2D eigenvalue weighted by Crippen LogP contribution is 2.34. The third-order valence-corrected chi connectivity index (χ3v) is 3.21. The van der Waals surface area contributed by atoms with Gasteiger partial charge in [-0.05, 0) is 30.3 Å². The van der Waals surface area contributed by atoms with E-state index in [9.17, 15) is 0 Å². The minimum Gasteiger partial charge on any atom is -0.490 e. The molecular weight excluding hydrogens is 266 g/mol. The molecule has 1 aliphatic heterocycles. The molecule has 0 fully saturated rings. The second-order valence-corrected chi connectivity index (χ2v) is 4.75. The van der Waals surface area contributed by atoms with Gasteiger partial charge >= 0.3 is 0 Å². The summed E-state index contributed by atoms with van der Waals surface area (Å²) in [6.07, 6.45) is 0.870. The fourth-order valence-corrected chi connectivity index (χ4v) is 2.13. The fraction of sp³-hybridized carbons (Fsp3) is 0.188. The molecule has 21 heavy (non-hydrogen) atoms. The molecule has 0 radical (unpaired) electrons. The summed E-state index contributed by atoms with van der Waals surface area (Å²) in [5.74, 6) is 1.46. The Bertz CT molecular complexity index is 707. The topological polar surface area (TPSA) is 80.3 Å². The van der Waals surface area contributed by atoms with Crippen molar-refractivity contribution in [3.05, 3.63) is 42.0 Å². The molecule has 0 spiro atoms. The van der Waals surface area contributed by atoms with Gasteiger partial charge in [-0.1, -0.05) is 0 Å². The van der Waals surface area contributed by atoms with Crippen LogP contribution < -0.4 is 20.5 Å². The molecule has 3 rings (SSSR count). The first-order valence-electron chi connectivity index (χ1n) is 6.72. The summed E-state index contributed by atoms with van der Waals surface area (Å²) in [7, 11) is 0. The average molecular weight is 281 g/mol. The zero-order valence-electron chi connectivity index (χ0n) is 11.4. The number of hydrogen-bond donors (Lipinski definition) is 2. The highest BCUT2D eigenvalue weighted by molar-refractivity contribution is 5.75. The van der Waals surface area contributed by atoms with Gasteiger partial charge in [-0.3, -0.25) is 0 Å². The van der Waals surface area contributed by atoms with E-state index in [2.05, 4.69) is 11.4 Å². The number of fused-ring (bicyclic) bond motifs is 1. The van der Waals surface area contributed by atoms with Crippen molar-refractivity contribution in [2.24, 2.45) is 0 Å². The molecule has 0 bridgehead atoms. The predicted molar refractivity (Wildman–Crippen MR) is 80.9 cm³/mol. The van der Waals surface area contributed by atoms with E-state index in [0.29, 0.717) is 35.9 Å². The number of nitrogens with two attached hydrogens (primary N) is 1. The third-order valence-electron chi connectivity index (χ3n) is 3.21. The Hall–Kier alpha value is -2.87. The van der Waals surface area contributed by atoms with E-state index in [1.54, 1.807) is 18.2 Å². The number of rotatable bonds is 2. The number of anilines is 3. The summed E-state index contributed by atoms with van der Waals surface area (Å²) in [6.45, 7) is 1.31. The fourth-order valence-electron chi connectivity index (χ4n) is 2.13. The Kier molecular flexibility index (Phi) is 3.52. The minimum absolute atomic E-state index is 0.557. The van der Waals surface area contributed by atoms with Gasteiger partial charge in [0.05, 0.1) is 36.2 Å². The first kappa shape index (κ1) is 13.1. The van der Waals surface area contributed by atoms with Gasteiger partial charge in [-0.15, -0.1) is 0 Å². The van der Waals surface area contributed by atoms with Gasteiger partial charge in [0.2, 0.25) is 0 Å². The van der Waals surface area contributed by atoms with E-state index in [-0.39, 0.29) is 0 Å². The normalized spacial score (nSPS) is 13.1. The minimum atomic E-state index is 0.557. The molecule has 3 N–H and O–H groups in total. The van der Waals surface area contributed by atoms with E-state index in [0.717, 1.165) is 17.9 Å². The van der Waals surface area contributed by atoms with Crippen LogP contribution in [0.2, 0.25) is 0 Å². The second-order valence-electron chi connectivity index (χ2n) is 4.75. The molecule has 5 nitrogen and oxygen atoms in total. The molecule has 1 aliphatic rings. The molecule has 106 valence electrons. The lowest BCUT2D eigenvalue weighted by Crippen LogP contribution is -1.98. The maximum Gasteiger partial charge on any atom is 0.163 e. The highest BCUT2D eigenvalue weighted by atomic mass is 16.5. The van der Waals surface area contributed by atoms with E-state index in [1.807, 2.05) is 18.2 Å². The van der Waals surface area contributed by atoms with E-state index in [4.69, 9.17) is 20.5 Å². The largest absolute Gasteiger partial charge is 0.490 e. The second kappa shape index (κ2) is 5.63. The number of nitrogens with zero attached hydrogens (tertiary/aromatic N) is 1. The number of nitrogens with one attached hydrogen (secondary N) is 1. The predicted octanol–water partition coefficient (Wildman–Crippen LogP) is 3.05. The summed E-state index contributed by atoms with van der Waals surface area (Å²) in [5.41, 5.74) is 8.60. The van der Waals surface area contributed by atoms with Crippen LogP contribution in [0.15, 0.2) is 36.4 Å². The molecule has 0 unspecified atom stereocenters. The van der Waals surface area contributed by atoms with Crippen molar-refractivity contribution in [2.75, 3.05) is 24.3 Å². The van der Waals surface area contributed by atoms with Crippen LogP contribution in [0.4, 0.5) is 17.1 Å². The van der Waals surface area contributed by atoms with Crippen LogP contribution in [0.25, 0.3) is 0 Å². The SMILES string of the molecule is N#Cc1ccc(N)c(Nc2ccc3c(c2)OCCCO3)c1. The Morgan fingerprint density at radius 1 is 1.05 bits per heavy atom. The summed E-state index contributed by atoms with van der Waals surface area (Å²) < 4.78 is 11.2. The maximum absolute atomic E-state index is 8.95. The van der Waals surface area contributed by atoms with Gasteiger partial charge in [0.15, 0.2) is 11.5 Å². The smallest absolute Gasteiger partial charge is 0.163 e. The lowest BCUT2D eigenvalue weighted by Gasteiger charge is -2.12. The molecule has 0 saturated carbocycles. The van der Waals surface area contributed by atoms with Crippen molar-refractivity contribution in [2.45, 2.75) is 6.42 Å². The van der Waals surface area contributed by atoms with Gasteiger partial charge < -0.3 is 20.5 Å². The molecule has 0 aromatic heterocycles. The Morgan fingerprint density at radius 2 is 1.86 bits per heavy atom. The van der Waals surface area contributed by atoms with Crippen LogP contribution >= 0.6 is 0 Å².